The Hall–Kier alpha value is -2.34. The van der Waals surface area contributed by atoms with Crippen LogP contribution in [0.5, 0.6) is 0 Å². The van der Waals surface area contributed by atoms with Gasteiger partial charge in [-0.1, -0.05) is 13.8 Å². The van der Waals surface area contributed by atoms with Crippen LogP contribution in [0, 0.1) is 5.92 Å². The average Bonchev–Trinajstić information content (AvgIpc) is 2.88. The lowest BCUT2D eigenvalue weighted by Crippen LogP contribution is -2.42. The Morgan fingerprint density at radius 3 is 2.57 bits per heavy atom. The SMILES string of the molecule is CC(C)Cn1ccc2cc(NC(=O)C(=O)N[C@H](C)CO)ccc21. The van der Waals surface area contributed by atoms with Crippen molar-refractivity contribution >= 4 is 28.4 Å². The minimum absolute atomic E-state index is 0.214. The molecule has 0 fully saturated rings. The Bertz CT molecular complexity index is 706. The minimum Gasteiger partial charge on any atom is -0.394 e. The first-order valence-corrected chi connectivity index (χ1v) is 7.72. The zero-order valence-electron chi connectivity index (χ0n) is 13.7. The van der Waals surface area contributed by atoms with E-state index in [1.54, 1.807) is 13.0 Å². The fourth-order valence-electron chi connectivity index (χ4n) is 2.35. The number of hydrogen-bond acceptors (Lipinski definition) is 3. The van der Waals surface area contributed by atoms with E-state index in [-0.39, 0.29) is 6.61 Å². The third kappa shape index (κ3) is 4.32. The summed E-state index contributed by atoms with van der Waals surface area (Å²) in [6, 6.07) is 7.08. The maximum absolute atomic E-state index is 11.8. The summed E-state index contributed by atoms with van der Waals surface area (Å²) in [5.41, 5.74) is 1.66. The number of carbonyl (C=O) groups excluding carboxylic acids is 2. The Morgan fingerprint density at radius 2 is 1.91 bits per heavy atom. The fourth-order valence-corrected chi connectivity index (χ4v) is 2.35. The second-order valence-corrected chi connectivity index (χ2v) is 6.15. The molecule has 0 bridgehead atoms. The third-order valence-corrected chi connectivity index (χ3v) is 3.45. The lowest BCUT2D eigenvalue weighted by atomic mass is 10.2. The Morgan fingerprint density at radius 1 is 1.17 bits per heavy atom. The molecule has 0 aliphatic carbocycles. The molecule has 0 radical (unpaired) electrons. The topological polar surface area (TPSA) is 83.4 Å². The summed E-state index contributed by atoms with van der Waals surface area (Å²) in [7, 11) is 0. The van der Waals surface area contributed by atoms with Gasteiger partial charge in [-0.25, -0.2) is 0 Å². The van der Waals surface area contributed by atoms with Crippen molar-refractivity contribution < 1.29 is 14.7 Å². The van der Waals surface area contributed by atoms with Gasteiger partial charge >= 0.3 is 11.8 Å². The van der Waals surface area contributed by atoms with Crippen LogP contribution in [-0.4, -0.2) is 34.1 Å². The quantitative estimate of drug-likeness (QED) is 0.734. The number of carbonyl (C=O) groups is 2. The van der Waals surface area contributed by atoms with Crippen molar-refractivity contribution in [2.45, 2.75) is 33.4 Å². The van der Waals surface area contributed by atoms with Gasteiger partial charge in [0.15, 0.2) is 0 Å². The van der Waals surface area contributed by atoms with E-state index in [4.69, 9.17) is 5.11 Å². The second kappa shape index (κ2) is 7.28. The highest BCUT2D eigenvalue weighted by Gasteiger charge is 2.16. The number of aliphatic hydroxyl groups is 1. The molecule has 6 nitrogen and oxygen atoms in total. The van der Waals surface area contributed by atoms with Gasteiger partial charge in [-0.3, -0.25) is 9.59 Å². The van der Waals surface area contributed by atoms with E-state index in [0.717, 1.165) is 17.4 Å². The van der Waals surface area contributed by atoms with Gasteiger partial charge in [0, 0.05) is 35.4 Å². The maximum Gasteiger partial charge on any atom is 0.313 e. The van der Waals surface area contributed by atoms with Gasteiger partial charge < -0.3 is 20.3 Å². The average molecular weight is 317 g/mol. The molecular formula is C17H23N3O3. The summed E-state index contributed by atoms with van der Waals surface area (Å²) in [6.45, 7) is 6.65. The number of nitrogens with zero attached hydrogens (tertiary/aromatic N) is 1. The third-order valence-electron chi connectivity index (χ3n) is 3.45. The predicted octanol–water partition coefficient (Wildman–Crippen LogP) is 1.73. The number of amides is 2. The highest BCUT2D eigenvalue weighted by atomic mass is 16.3. The van der Waals surface area contributed by atoms with Gasteiger partial charge in [-0.2, -0.15) is 0 Å². The molecule has 0 aliphatic heterocycles. The molecule has 1 aromatic heterocycles. The van der Waals surface area contributed by atoms with Crippen molar-refractivity contribution in [3.8, 4) is 0 Å². The number of rotatable bonds is 5. The largest absolute Gasteiger partial charge is 0.394 e. The van der Waals surface area contributed by atoms with E-state index in [9.17, 15) is 9.59 Å². The number of aliphatic hydroxyl groups excluding tert-OH is 1. The molecule has 23 heavy (non-hydrogen) atoms. The van der Waals surface area contributed by atoms with Gasteiger partial charge in [-0.05, 0) is 37.1 Å². The molecule has 0 saturated heterocycles. The van der Waals surface area contributed by atoms with Gasteiger partial charge in [0.25, 0.3) is 0 Å². The number of fused-ring (bicyclic) bond motifs is 1. The Labute approximate surface area is 135 Å². The van der Waals surface area contributed by atoms with Crippen molar-refractivity contribution in [3.63, 3.8) is 0 Å². The molecule has 1 atom stereocenters. The molecule has 6 heteroatoms. The summed E-state index contributed by atoms with van der Waals surface area (Å²) in [4.78, 5) is 23.5. The standard InChI is InChI=1S/C17H23N3O3/c1-11(2)9-20-7-6-13-8-14(4-5-15(13)20)19-17(23)16(22)18-12(3)10-21/h4-8,11-12,21H,9-10H2,1-3H3,(H,18,22)(H,19,23)/t12-/m1/s1. The number of anilines is 1. The van der Waals surface area contributed by atoms with Crippen LogP contribution in [0.2, 0.25) is 0 Å². The van der Waals surface area contributed by atoms with Crippen molar-refractivity contribution in [1.29, 1.82) is 0 Å². The molecule has 0 aliphatic rings. The summed E-state index contributed by atoms with van der Waals surface area (Å²) in [5, 5.41) is 14.9. The summed E-state index contributed by atoms with van der Waals surface area (Å²) < 4.78 is 2.17. The lowest BCUT2D eigenvalue weighted by molar-refractivity contribution is -0.136. The molecule has 0 saturated carbocycles. The van der Waals surface area contributed by atoms with E-state index in [1.165, 1.54) is 0 Å². The van der Waals surface area contributed by atoms with Crippen molar-refractivity contribution in [1.82, 2.24) is 9.88 Å². The second-order valence-electron chi connectivity index (χ2n) is 6.15. The lowest BCUT2D eigenvalue weighted by Gasteiger charge is -2.11. The van der Waals surface area contributed by atoms with Gasteiger partial charge in [0.05, 0.1) is 6.61 Å². The Balaban J connectivity index is 2.09. The van der Waals surface area contributed by atoms with E-state index in [1.807, 2.05) is 24.4 Å². The smallest absolute Gasteiger partial charge is 0.313 e. The summed E-state index contributed by atoms with van der Waals surface area (Å²) >= 11 is 0. The monoisotopic (exact) mass is 317 g/mol. The van der Waals surface area contributed by atoms with Crippen LogP contribution in [-0.2, 0) is 16.1 Å². The number of hydrogen-bond donors (Lipinski definition) is 3. The van der Waals surface area contributed by atoms with E-state index >= 15 is 0 Å². The van der Waals surface area contributed by atoms with E-state index < -0.39 is 17.9 Å². The van der Waals surface area contributed by atoms with Crippen LogP contribution in [0.4, 0.5) is 5.69 Å². The van der Waals surface area contributed by atoms with Crippen LogP contribution >= 0.6 is 0 Å². The molecule has 2 aromatic rings. The zero-order valence-corrected chi connectivity index (χ0v) is 13.7. The molecule has 0 spiro atoms. The van der Waals surface area contributed by atoms with Crippen molar-refractivity contribution in [2.24, 2.45) is 5.92 Å². The molecule has 1 heterocycles. The normalized spacial score (nSPS) is 12.4. The highest BCUT2D eigenvalue weighted by molar-refractivity contribution is 6.39. The summed E-state index contributed by atoms with van der Waals surface area (Å²) in [6.07, 6.45) is 2.02. The molecular weight excluding hydrogens is 294 g/mol. The molecule has 1 aromatic carbocycles. The molecule has 2 rings (SSSR count). The number of benzene rings is 1. The molecule has 2 amide bonds. The van der Waals surface area contributed by atoms with E-state index in [2.05, 4.69) is 29.0 Å². The first kappa shape index (κ1) is 17.0. The zero-order chi connectivity index (χ0) is 17.0. The van der Waals surface area contributed by atoms with Crippen LogP contribution in [0.1, 0.15) is 20.8 Å². The first-order chi connectivity index (χ1) is 10.9. The summed E-state index contributed by atoms with van der Waals surface area (Å²) in [5.74, 6) is -0.961. The predicted molar refractivity (Wildman–Crippen MR) is 90.1 cm³/mol. The highest BCUT2D eigenvalue weighted by Crippen LogP contribution is 2.21. The van der Waals surface area contributed by atoms with Gasteiger partial charge in [0.2, 0.25) is 0 Å². The Kier molecular flexibility index (Phi) is 5.39. The van der Waals surface area contributed by atoms with Crippen LogP contribution in [0.25, 0.3) is 10.9 Å². The van der Waals surface area contributed by atoms with Crippen LogP contribution < -0.4 is 10.6 Å². The first-order valence-electron chi connectivity index (χ1n) is 7.72. The van der Waals surface area contributed by atoms with Gasteiger partial charge in [0.1, 0.15) is 0 Å². The number of nitrogens with one attached hydrogen (secondary N) is 2. The van der Waals surface area contributed by atoms with Crippen LogP contribution in [0.3, 0.4) is 0 Å². The van der Waals surface area contributed by atoms with Crippen molar-refractivity contribution in [3.05, 3.63) is 30.5 Å². The molecule has 124 valence electrons. The van der Waals surface area contributed by atoms with E-state index in [0.29, 0.717) is 11.6 Å². The molecule has 3 N–H and O–H groups in total. The van der Waals surface area contributed by atoms with Crippen molar-refractivity contribution in [2.75, 3.05) is 11.9 Å². The molecule has 0 unspecified atom stereocenters. The number of aromatic nitrogens is 1. The fraction of sp³-hybridized carbons (Fsp3) is 0.412. The maximum atomic E-state index is 11.8. The minimum atomic E-state index is -0.760. The van der Waals surface area contributed by atoms with Crippen LogP contribution in [0.15, 0.2) is 30.5 Å². The van der Waals surface area contributed by atoms with Gasteiger partial charge in [-0.15, -0.1) is 0 Å².